The highest BCUT2D eigenvalue weighted by molar-refractivity contribution is 5.93. The Labute approximate surface area is 109 Å². The number of benzene rings is 1. The highest BCUT2D eigenvalue weighted by Gasteiger charge is 2.26. The number of hydrogen-bond donors (Lipinski definition) is 1. The third-order valence-electron chi connectivity index (χ3n) is 3.41. The number of carbonyl (C=O) groups is 1. The Morgan fingerprint density at radius 3 is 2.74 bits per heavy atom. The molecule has 1 fully saturated rings. The molecule has 19 heavy (non-hydrogen) atoms. The van der Waals surface area contributed by atoms with Gasteiger partial charge in [0.05, 0.1) is 12.6 Å². The van der Waals surface area contributed by atoms with Crippen molar-refractivity contribution in [1.82, 2.24) is 4.57 Å². The van der Waals surface area contributed by atoms with Crippen molar-refractivity contribution in [3.05, 3.63) is 40.2 Å². The van der Waals surface area contributed by atoms with Crippen LogP contribution in [0.15, 0.2) is 29.2 Å². The molecule has 1 heterocycles. The third-order valence-corrected chi connectivity index (χ3v) is 3.41. The zero-order chi connectivity index (χ0) is 13.6. The van der Waals surface area contributed by atoms with Crippen molar-refractivity contribution in [3.8, 4) is 5.75 Å². The van der Waals surface area contributed by atoms with E-state index in [0.717, 1.165) is 18.4 Å². The zero-order valence-electron chi connectivity index (χ0n) is 10.4. The van der Waals surface area contributed by atoms with Crippen LogP contribution in [0.4, 0.5) is 0 Å². The minimum atomic E-state index is -1.18. The summed E-state index contributed by atoms with van der Waals surface area (Å²) in [4.78, 5) is 23.3. The van der Waals surface area contributed by atoms with Gasteiger partial charge in [0.25, 0.3) is 0 Å². The van der Waals surface area contributed by atoms with Gasteiger partial charge in [0.1, 0.15) is 11.3 Å². The summed E-state index contributed by atoms with van der Waals surface area (Å²) in [6.07, 6.45) is 3.46. The number of fused-ring (bicyclic) bond motifs is 1. The van der Waals surface area contributed by atoms with Crippen LogP contribution in [-0.4, -0.2) is 22.8 Å². The molecule has 0 radical (unpaired) electrons. The molecule has 0 unspecified atom stereocenters. The summed E-state index contributed by atoms with van der Waals surface area (Å²) in [6.45, 7) is 0. The van der Waals surface area contributed by atoms with Gasteiger partial charge in [0.15, 0.2) is 0 Å². The van der Waals surface area contributed by atoms with Crippen molar-refractivity contribution in [2.24, 2.45) is 0 Å². The van der Waals surface area contributed by atoms with Crippen molar-refractivity contribution < 1.29 is 14.6 Å². The van der Waals surface area contributed by atoms with E-state index in [9.17, 15) is 9.59 Å². The number of carboxylic acids is 1. The Morgan fingerprint density at radius 2 is 2.16 bits per heavy atom. The van der Waals surface area contributed by atoms with Crippen molar-refractivity contribution >= 4 is 16.9 Å². The first-order valence-corrected chi connectivity index (χ1v) is 6.08. The predicted molar refractivity (Wildman–Crippen MR) is 70.0 cm³/mol. The molecule has 1 aromatic carbocycles. The highest BCUT2D eigenvalue weighted by atomic mass is 16.5. The number of aromatic nitrogens is 1. The van der Waals surface area contributed by atoms with E-state index in [4.69, 9.17) is 9.84 Å². The van der Waals surface area contributed by atoms with Gasteiger partial charge < -0.3 is 14.4 Å². The predicted octanol–water partition coefficient (Wildman–Crippen LogP) is 2.04. The Hall–Kier alpha value is -2.30. The molecule has 0 amide bonds. The lowest BCUT2D eigenvalue weighted by Crippen LogP contribution is -2.18. The van der Waals surface area contributed by atoms with Crippen molar-refractivity contribution in [2.75, 3.05) is 7.11 Å². The average molecular weight is 259 g/mol. The van der Waals surface area contributed by atoms with Gasteiger partial charge in [0.2, 0.25) is 5.43 Å². The van der Waals surface area contributed by atoms with Gasteiger partial charge in [-0.1, -0.05) is 0 Å². The number of methoxy groups -OCH3 is 1. The van der Waals surface area contributed by atoms with Gasteiger partial charge in [-0.15, -0.1) is 0 Å². The van der Waals surface area contributed by atoms with Crippen LogP contribution in [0.1, 0.15) is 29.2 Å². The summed E-state index contributed by atoms with van der Waals surface area (Å²) in [7, 11) is 1.56. The smallest absolute Gasteiger partial charge is 0.341 e. The summed E-state index contributed by atoms with van der Waals surface area (Å²) < 4.78 is 7.04. The second-order valence-corrected chi connectivity index (χ2v) is 4.70. The summed E-state index contributed by atoms with van der Waals surface area (Å²) in [6, 6.07) is 5.36. The molecule has 1 saturated carbocycles. The molecule has 0 atom stereocenters. The van der Waals surface area contributed by atoms with Crippen LogP contribution in [0, 0.1) is 0 Å². The normalized spacial score (nSPS) is 14.6. The first-order valence-electron chi connectivity index (χ1n) is 6.08. The Morgan fingerprint density at radius 1 is 1.42 bits per heavy atom. The SMILES string of the molecule is COc1ccc2c(=O)c(C(=O)O)cn(C3CC3)c2c1. The summed E-state index contributed by atoms with van der Waals surface area (Å²) in [5, 5.41) is 9.54. The average Bonchev–Trinajstić information content (AvgIpc) is 3.22. The molecule has 0 saturated heterocycles. The Bertz CT molecular complexity index is 728. The molecule has 2 aromatic rings. The van der Waals surface area contributed by atoms with Crippen LogP contribution < -0.4 is 10.2 Å². The van der Waals surface area contributed by atoms with E-state index in [1.165, 1.54) is 6.20 Å². The van der Waals surface area contributed by atoms with Crippen molar-refractivity contribution in [3.63, 3.8) is 0 Å². The zero-order valence-corrected chi connectivity index (χ0v) is 10.4. The maximum absolute atomic E-state index is 12.1. The quantitative estimate of drug-likeness (QED) is 0.915. The lowest BCUT2D eigenvalue weighted by molar-refractivity contribution is 0.0695. The number of rotatable bonds is 3. The number of pyridine rings is 1. The topological polar surface area (TPSA) is 68.5 Å². The fourth-order valence-corrected chi connectivity index (χ4v) is 2.26. The standard InChI is InChI=1S/C14H13NO4/c1-19-9-4-5-10-12(6-9)15(8-2-3-8)7-11(13(10)16)14(17)18/h4-8H,2-3H2,1H3,(H,17,18). The molecule has 0 aliphatic heterocycles. The van der Waals surface area contributed by atoms with Crippen molar-refractivity contribution in [2.45, 2.75) is 18.9 Å². The molecule has 1 aromatic heterocycles. The van der Waals surface area contributed by atoms with Gasteiger partial charge in [-0.3, -0.25) is 4.79 Å². The van der Waals surface area contributed by atoms with E-state index in [-0.39, 0.29) is 11.6 Å². The van der Waals surface area contributed by atoms with Gasteiger partial charge in [-0.05, 0) is 25.0 Å². The molecule has 3 rings (SSSR count). The van der Waals surface area contributed by atoms with Gasteiger partial charge in [-0.2, -0.15) is 0 Å². The molecular weight excluding hydrogens is 246 g/mol. The maximum Gasteiger partial charge on any atom is 0.341 e. The van der Waals surface area contributed by atoms with Crippen molar-refractivity contribution in [1.29, 1.82) is 0 Å². The second-order valence-electron chi connectivity index (χ2n) is 4.70. The molecule has 0 bridgehead atoms. The third kappa shape index (κ3) is 1.87. The molecular formula is C14H13NO4. The number of hydrogen-bond acceptors (Lipinski definition) is 3. The first kappa shape index (κ1) is 11.8. The Balaban J connectivity index is 2.38. The van der Waals surface area contributed by atoms with Crippen LogP contribution >= 0.6 is 0 Å². The number of nitrogens with zero attached hydrogens (tertiary/aromatic N) is 1. The number of carboxylic acid groups (broad SMARTS) is 1. The Kier molecular flexibility index (Phi) is 2.55. The maximum atomic E-state index is 12.1. The number of aromatic carboxylic acids is 1. The molecule has 5 heteroatoms. The van der Waals surface area contributed by atoms with E-state index in [2.05, 4.69) is 0 Å². The van der Waals surface area contributed by atoms with E-state index in [0.29, 0.717) is 11.1 Å². The monoisotopic (exact) mass is 259 g/mol. The lowest BCUT2D eigenvalue weighted by atomic mass is 10.1. The van der Waals surface area contributed by atoms with Crippen LogP contribution in [0.2, 0.25) is 0 Å². The van der Waals surface area contributed by atoms with Crippen LogP contribution in [-0.2, 0) is 0 Å². The van der Waals surface area contributed by atoms with Crippen LogP contribution in [0.5, 0.6) is 5.75 Å². The molecule has 98 valence electrons. The molecule has 1 aliphatic carbocycles. The van der Waals surface area contributed by atoms with E-state index >= 15 is 0 Å². The molecule has 0 spiro atoms. The fraction of sp³-hybridized carbons (Fsp3) is 0.286. The summed E-state index contributed by atoms with van der Waals surface area (Å²) >= 11 is 0. The largest absolute Gasteiger partial charge is 0.497 e. The molecule has 1 aliphatic rings. The van der Waals surface area contributed by atoms with Gasteiger partial charge in [-0.25, -0.2) is 4.79 Å². The van der Waals surface area contributed by atoms with E-state index in [1.807, 2.05) is 4.57 Å². The minimum absolute atomic E-state index is 0.176. The summed E-state index contributed by atoms with van der Waals surface area (Å²) in [5.41, 5.74) is 0.114. The van der Waals surface area contributed by atoms with Gasteiger partial charge in [0, 0.05) is 23.7 Å². The molecule has 5 nitrogen and oxygen atoms in total. The minimum Gasteiger partial charge on any atom is -0.497 e. The summed E-state index contributed by atoms with van der Waals surface area (Å²) in [5.74, 6) is -0.526. The lowest BCUT2D eigenvalue weighted by Gasteiger charge is -2.12. The van der Waals surface area contributed by atoms with Crippen LogP contribution in [0.25, 0.3) is 10.9 Å². The molecule has 1 N–H and O–H groups in total. The van der Waals surface area contributed by atoms with E-state index < -0.39 is 11.4 Å². The second kappa shape index (κ2) is 4.12. The highest BCUT2D eigenvalue weighted by Crippen LogP contribution is 2.37. The fourth-order valence-electron chi connectivity index (χ4n) is 2.26. The first-order chi connectivity index (χ1) is 9.11. The number of ether oxygens (including phenoxy) is 1. The van der Waals surface area contributed by atoms with Crippen LogP contribution in [0.3, 0.4) is 0 Å². The van der Waals surface area contributed by atoms with E-state index in [1.54, 1.807) is 25.3 Å². The van der Waals surface area contributed by atoms with Gasteiger partial charge >= 0.3 is 5.97 Å².